The minimum Gasteiger partial charge on any atom is -0.342 e. The van der Waals surface area contributed by atoms with Crippen molar-refractivity contribution in [3.8, 4) is 0 Å². The summed E-state index contributed by atoms with van der Waals surface area (Å²) in [6.45, 7) is 9.54. The smallest absolute Gasteiger partial charge is 0.222 e. The molecular weight excluding hydrogens is 212 g/mol. The van der Waals surface area contributed by atoms with Crippen molar-refractivity contribution in [1.82, 2.24) is 10.2 Å². The maximum Gasteiger partial charge on any atom is 0.222 e. The molecule has 1 aliphatic rings. The van der Waals surface area contributed by atoms with E-state index >= 15 is 0 Å². The first-order chi connectivity index (χ1) is 8.17. The predicted molar refractivity (Wildman–Crippen MR) is 72.0 cm³/mol. The van der Waals surface area contributed by atoms with E-state index in [2.05, 4.69) is 31.0 Å². The molecule has 3 heteroatoms. The lowest BCUT2D eigenvalue weighted by Gasteiger charge is -2.18. The van der Waals surface area contributed by atoms with Crippen molar-refractivity contribution in [3.05, 3.63) is 0 Å². The SMILES string of the molecule is CCCC1CC(=O)N(CCCC(C)NCC)C1. The maximum absolute atomic E-state index is 11.8. The number of carbonyl (C=O) groups excluding carboxylic acids is 1. The molecule has 0 radical (unpaired) electrons. The van der Waals surface area contributed by atoms with E-state index in [0.29, 0.717) is 17.9 Å². The summed E-state index contributed by atoms with van der Waals surface area (Å²) in [6.07, 6.45) is 5.48. The molecule has 2 unspecified atom stereocenters. The molecule has 100 valence electrons. The fraction of sp³-hybridized carbons (Fsp3) is 0.929. The van der Waals surface area contributed by atoms with Gasteiger partial charge < -0.3 is 10.2 Å². The van der Waals surface area contributed by atoms with Gasteiger partial charge in [-0.15, -0.1) is 0 Å². The van der Waals surface area contributed by atoms with Crippen LogP contribution in [0.25, 0.3) is 0 Å². The third-order valence-corrected chi connectivity index (χ3v) is 3.61. The molecule has 0 saturated carbocycles. The fourth-order valence-corrected chi connectivity index (χ4v) is 2.71. The Labute approximate surface area is 106 Å². The van der Waals surface area contributed by atoms with Gasteiger partial charge in [0.25, 0.3) is 0 Å². The lowest BCUT2D eigenvalue weighted by molar-refractivity contribution is -0.127. The van der Waals surface area contributed by atoms with Crippen molar-refractivity contribution in [2.45, 2.75) is 58.9 Å². The summed E-state index contributed by atoms with van der Waals surface area (Å²) in [7, 11) is 0. The second-order valence-corrected chi connectivity index (χ2v) is 5.30. The van der Waals surface area contributed by atoms with Gasteiger partial charge in [0, 0.05) is 25.6 Å². The van der Waals surface area contributed by atoms with E-state index in [1.807, 2.05) is 0 Å². The minimum absolute atomic E-state index is 0.375. The monoisotopic (exact) mass is 240 g/mol. The van der Waals surface area contributed by atoms with E-state index in [1.165, 1.54) is 12.8 Å². The zero-order chi connectivity index (χ0) is 12.7. The van der Waals surface area contributed by atoms with Gasteiger partial charge in [-0.1, -0.05) is 20.3 Å². The summed E-state index contributed by atoms with van der Waals surface area (Å²) in [4.78, 5) is 13.8. The van der Waals surface area contributed by atoms with E-state index < -0.39 is 0 Å². The average molecular weight is 240 g/mol. The fourth-order valence-electron chi connectivity index (χ4n) is 2.71. The summed E-state index contributed by atoms with van der Waals surface area (Å²) >= 11 is 0. The van der Waals surface area contributed by atoms with Crippen LogP contribution in [-0.2, 0) is 4.79 Å². The third kappa shape index (κ3) is 5.07. The molecule has 0 aromatic heterocycles. The normalized spacial score (nSPS) is 22.2. The van der Waals surface area contributed by atoms with Crippen molar-refractivity contribution in [3.63, 3.8) is 0 Å². The first-order valence-electron chi connectivity index (χ1n) is 7.18. The average Bonchev–Trinajstić information content (AvgIpc) is 2.60. The molecule has 1 aliphatic heterocycles. The first kappa shape index (κ1) is 14.5. The molecule has 1 fully saturated rings. The van der Waals surface area contributed by atoms with Gasteiger partial charge in [-0.2, -0.15) is 0 Å². The van der Waals surface area contributed by atoms with E-state index in [-0.39, 0.29) is 0 Å². The predicted octanol–water partition coefficient (Wildman–Crippen LogP) is 2.41. The molecule has 1 rings (SSSR count). The number of likely N-dealkylation sites (tertiary alicyclic amines) is 1. The molecule has 1 amide bonds. The van der Waals surface area contributed by atoms with Crippen LogP contribution in [0.4, 0.5) is 0 Å². The number of hydrogen-bond acceptors (Lipinski definition) is 2. The van der Waals surface area contributed by atoms with Crippen LogP contribution >= 0.6 is 0 Å². The van der Waals surface area contributed by atoms with Gasteiger partial charge in [-0.25, -0.2) is 0 Å². The molecule has 2 atom stereocenters. The molecule has 1 saturated heterocycles. The lowest BCUT2D eigenvalue weighted by Crippen LogP contribution is -2.29. The molecular formula is C14H28N2O. The Balaban J connectivity index is 2.17. The molecule has 0 aromatic rings. The van der Waals surface area contributed by atoms with Gasteiger partial charge in [0.2, 0.25) is 5.91 Å². The van der Waals surface area contributed by atoms with E-state index in [1.54, 1.807) is 0 Å². The molecule has 0 aliphatic carbocycles. The van der Waals surface area contributed by atoms with Crippen LogP contribution in [0, 0.1) is 5.92 Å². The van der Waals surface area contributed by atoms with Gasteiger partial charge in [0.15, 0.2) is 0 Å². The quantitative estimate of drug-likeness (QED) is 0.706. The number of nitrogens with one attached hydrogen (secondary N) is 1. The Morgan fingerprint density at radius 1 is 1.47 bits per heavy atom. The Morgan fingerprint density at radius 2 is 2.24 bits per heavy atom. The Hall–Kier alpha value is -0.570. The molecule has 1 N–H and O–H groups in total. The van der Waals surface area contributed by atoms with Crippen LogP contribution in [0.3, 0.4) is 0 Å². The zero-order valence-corrected chi connectivity index (χ0v) is 11.7. The van der Waals surface area contributed by atoms with Crippen LogP contribution in [-0.4, -0.2) is 36.5 Å². The highest BCUT2D eigenvalue weighted by atomic mass is 16.2. The van der Waals surface area contributed by atoms with E-state index in [0.717, 1.165) is 38.9 Å². The number of amides is 1. The van der Waals surface area contributed by atoms with Gasteiger partial charge >= 0.3 is 0 Å². The molecule has 3 nitrogen and oxygen atoms in total. The van der Waals surface area contributed by atoms with Crippen molar-refractivity contribution in [2.75, 3.05) is 19.6 Å². The Morgan fingerprint density at radius 3 is 2.88 bits per heavy atom. The van der Waals surface area contributed by atoms with Crippen molar-refractivity contribution >= 4 is 5.91 Å². The van der Waals surface area contributed by atoms with Gasteiger partial charge in [0.1, 0.15) is 0 Å². The van der Waals surface area contributed by atoms with Crippen LogP contribution in [0.1, 0.15) is 52.9 Å². The first-order valence-corrected chi connectivity index (χ1v) is 7.18. The highest BCUT2D eigenvalue weighted by Crippen LogP contribution is 2.22. The Bertz CT molecular complexity index is 230. The molecule has 0 aromatic carbocycles. The Kier molecular flexibility index (Phi) is 6.56. The van der Waals surface area contributed by atoms with E-state index in [4.69, 9.17) is 0 Å². The zero-order valence-electron chi connectivity index (χ0n) is 11.7. The number of rotatable bonds is 8. The van der Waals surface area contributed by atoms with Gasteiger partial charge in [-0.05, 0) is 38.6 Å². The summed E-state index contributed by atoms with van der Waals surface area (Å²) in [5, 5.41) is 3.41. The summed E-state index contributed by atoms with van der Waals surface area (Å²) in [5.74, 6) is 0.998. The highest BCUT2D eigenvalue weighted by Gasteiger charge is 2.28. The van der Waals surface area contributed by atoms with Crippen molar-refractivity contribution < 1.29 is 4.79 Å². The number of hydrogen-bond donors (Lipinski definition) is 1. The molecule has 17 heavy (non-hydrogen) atoms. The van der Waals surface area contributed by atoms with Gasteiger partial charge in [0.05, 0.1) is 0 Å². The van der Waals surface area contributed by atoms with Crippen molar-refractivity contribution in [1.29, 1.82) is 0 Å². The topological polar surface area (TPSA) is 32.3 Å². The van der Waals surface area contributed by atoms with Crippen LogP contribution in [0.2, 0.25) is 0 Å². The second kappa shape index (κ2) is 7.70. The van der Waals surface area contributed by atoms with Crippen LogP contribution < -0.4 is 5.32 Å². The molecule has 1 heterocycles. The van der Waals surface area contributed by atoms with Crippen LogP contribution in [0.15, 0.2) is 0 Å². The highest BCUT2D eigenvalue weighted by molar-refractivity contribution is 5.78. The lowest BCUT2D eigenvalue weighted by atomic mass is 10.0. The molecule has 0 spiro atoms. The van der Waals surface area contributed by atoms with Gasteiger partial charge in [-0.3, -0.25) is 4.79 Å². The standard InChI is InChI=1S/C14H28N2O/c1-4-7-13-10-14(17)16(11-13)9-6-8-12(3)15-5-2/h12-13,15H,4-11H2,1-3H3. The van der Waals surface area contributed by atoms with Crippen molar-refractivity contribution in [2.24, 2.45) is 5.92 Å². The van der Waals surface area contributed by atoms with E-state index in [9.17, 15) is 4.79 Å². The largest absolute Gasteiger partial charge is 0.342 e. The third-order valence-electron chi connectivity index (χ3n) is 3.61. The maximum atomic E-state index is 11.8. The molecule has 0 bridgehead atoms. The summed E-state index contributed by atoms with van der Waals surface area (Å²) < 4.78 is 0. The van der Waals surface area contributed by atoms with Crippen LogP contribution in [0.5, 0.6) is 0 Å². The minimum atomic E-state index is 0.375. The summed E-state index contributed by atoms with van der Waals surface area (Å²) in [6, 6.07) is 0.573. The summed E-state index contributed by atoms with van der Waals surface area (Å²) in [5.41, 5.74) is 0. The number of carbonyl (C=O) groups is 1. The second-order valence-electron chi connectivity index (χ2n) is 5.30. The number of nitrogens with zero attached hydrogens (tertiary/aromatic N) is 1.